The fourth-order valence-electron chi connectivity index (χ4n) is 2.65. The van der Waals surface area contributed by atoms with Crippen LogP contribution in [0.3, 0.4) is 0 Å². The first-order chi connectivity index (χ1) is 13.0. The molecule has 3 aromatic rings. The average molecular weight is 369 g/mol. The third kappa shape index (κ3) is 3.74. The molecule has 0 amide bonds. The maximum absolute atomic E-state index is 13.0. The number of rotatable bonds is 4. The van der Waals surface area contributed by atoms with E-state index in [0.29, 0.717) is 11.6 Å². The molecular formula is C19H14F3N5. The lowest BCUT2D eigenvalue weighted by molar-refractivity contribution is -0.0597. The SMILES string of the molecule is FC(F)(F)C1=Nc2nc(Nc3ccccc3)c(Nc3ccccc3)nc2C1. The van der Waals surface area contributed by atoms with E-state index in [1.807, 2.05) is 60.7 Å². The Balaban J connectivity index is 1.73. The fourth-order valence-corrected chi connectivity index (χ4v) is 2.65. The number of nitrogens with zero attached hydrogens (tertiary/aromatic N) is 3. The molecule has 0 aliphatic carbocycles. The van der Waals surface area contributed by atoms with Crippen molar-refractivity contribution in [1.29, 1.82) is 0 Å². The zero-order valence-electron chi connectivity index (χ0n) is 14.0. The minimum atomic E-state index is -4.50. The van der Waals surface area contributed by atoms with Crippen LogP contribution in [0, 0.1) is 0 Å². The first kappa shape index (κ1) is 17.0. The summed E-state index contributed by atoms with van der Waals surface area (Å²) in [5.74, 6) is 0.623. The monoisotopic (exact) mass is 369 g/mol. The minimum absolute atomic E-state index is 0.0145. The third-order valence-electron chi connectivity index (χ3n) is 3.92. The minimum Gasteiger partial charge on any atom is -0.337 e. The normalized spacial score (nSPS) is 13.1. The van der Waals surface area contributed by atoms with E-state index in [-0.39, 0.29) is 17.9 Å². The Morgan fingerprint density at radius 3 is 1.78 bits per heavy atom. The number of halogens is 3. The molecule has 4 rings (SSSR count). The molecule has 0 atom stereocenters. The highest BCUT2D eigenvalue weighted by molar-refractivity contribution is 5.97. The quantitative estimate of drug-likeness (QED) is 0.667. The summed E-state index contributed by atoms with van der Waals surface area (Å²) < 4.78 is 39.0. The van der Waals surface area contributed by atoms with Crippen molar-refractivity contribution < 1.29 is 13.2 Å². The van der Waals surface area contributed by atoms with Crippen molar-refractivity contribution in [3.05, 3.63) is 66.4 Å². The number of aromatic nitrogens is 2. The Morgan fingerprint density at radius 1 is 0.741 bits per heavy atom. The van der Waals surface area contributed by atoms with E-state index in [1.54, 1.807) is 0 Å². The lowest BCUT2D eigenvalue weighted by atomic mass is 10.2. The Labute approximate surface area is 153 Å². The zero-order valence-corrected chi connectivity index (χ0v) is 14.0. The fraction of sp³-hybridized carbons (Fsp3) is 0.105. The van der Waals surface area contributed by atoms with Gasteiger partial charge in [-0.25, -0.2) is 15.0 Å². The first-order valence-electron chi connectivity index (χ1n) is 8.19. The Kier molecular flexibility index (Phi) is 4.23. The van der Waals surface area contributed by atoms with Crippen LogP contribution < -0.4 is 10.6 Å². The second kappa shape index (κ2) is 6.71. The summed E-state index contributed by atoms with van der Waals surface area (Å²) in [4.78, 5) is 12.3. The molecule has 0 saturated carbocycles. The molecule has 0 bridgehead atoms. The summed E-state index contributed by atoms with van der Waals surface area (Å²) in [6.07, 6.45) is -4.89. The zero-order chi connectivity index (χ0) is 18.9. The van der Waals surface area contributed by atoms with Crippen molar-refractivity contribution in [1.82, 2.24) is 9.97 Å². The second-order valence-corrected chi connectivity index (χ2v) is 5.91. The smallest absolute Gasteiger partial charge is 0.337 e. The number of aliphatic imine (C=N–C) groups is 1. The topological polar surface area (TPSA) is 62.2 Å². The Hall–Kier alpha value is -3.42. The number of hydrogen-bond donors (Lipinski definition) is 2. The van der Waals surface area contributed by atoms with Crippen molar-refractivity contribution in [2.75, 3.05) is 10.6 Å². The molecule has 0 radical (unpaired) electrons. The molecule has 1 aliphatic heterocycles. The number of hydrogen-bond acceptors (Lipinski definition) is 5. The molecule has 1 aliphatic rings. The molecule has 8 heteroatoms. The van der Waals surface area contributed by atoms with Crippen molar-refractivity contribution >= 4 is 34.5 Å². The van der Waals surface area contributed by atoms with Gasteiger partial charge < -0.3 is 10.6 Å². The van der Waals surface area contributed by atoms with Crippen molar-refractivity contribution in [3.8, 4) is 0 Å². The maximum Gasteiger partial charge on any atom is 0.429 e. The highest BCUT2D eigenvalue weighted by atomic mass is 19.4. The molecule has 0 fully saturated rings. The Morgan fingerprint density at radius 2 is 1.26 bits per heavy atom. The number of alkyl halides is 3. The molecular weight excluding hydrogens is 355 g/mol. The van der Waals surface area contributed by atoms with Gasteiger partial charge in [-0.2, -0.15) is 13.2 Å². The van der Waals surface area contributed by atoms with Crippen LogP contribution in [0.15, 0.2) is 65.7 Å². The van der Waals surface area contributed by atoms with Gasteiger partial charge in [-0.1, -0.05) is 36.4 Å². The van der Waals surface area contributed by atoms with Crippen LogP contribution in [0.2, 0.25) is 0 Å². The van der Waals surface area contributed by atoms with Crippen molar-refractivity contribution in [2.45, 2.75) is 12.6 Å². The third-order valence-corrected chi connectivity index (χ3v) is 3.92. The molecule has 0 unspecified atom stereocenters. The van der Waals surface area contributed by atoms with Crippen LogP contribution in [0.4, 0.5) is 42.0 Å². The number of nitrogens with one attached hydrogen (secondary N) is 2. The largest absolute Gasteiger partial charge is 0.429 e. The van der Waals surface area contributed by atoms with E-state index < -0.39 is 11.9 Å². The molecule has 2 aromatic carbocycles. The predicted molar refractivity (Wildman–Crippen MR) is 98.3 cm³/mol. The van der Waals surface area contributed by atoms with Crippen LogP contribution in [0.25, 0.3) is 0 Å². The summed E-state index contributed by atoms with van der Waals surface area (Å²) in [7, 11) is 0. The summed E-state index contributed by atoms with van der Waals surface area (Å²) in [5, 5.41) is 6.20. The van der Waals surface area contributed by atoms with Gasteiger partial charge in [0.1, 0.15) is 5.71 Å². The second-order valence-electron chi connectivity index (χ2n) is 5.91. The van der Waals surface area contributed by atoms with E-state index in [2.05, 4.69) is 25.6 Å². The van der Waals surface area contributed by atoms with Gasteiger partial charge in [0.05, 0.1) is 5.69 Å². The van der Waals surface area contributed by atoms with Crippen LogP contribution in [0.5, 0.6) is 0 Å². The molecule has 5 nitrogen and oxygen atoms in total. The molecule has 2 heterocycles. The van der Waals surface area contributed by atoms with Crippen LogP contribution >= 0.6 is 0 Å². The van der Waals surface area contributed by atoms with Gasteiger partial charge in [-0.3, -0.25) is 0 Å². The van der Waals surface area contributed by atoms with E-state index in [1.165, 1.54) is 0 Å². The Bertz CT molecular complexity index is 985. The van der Waals surface area contributed by atoms with E-state index in [4.69, 9.17) is 0 Å². The number of anilines is 4. The average Bonchev–Trinajstić information content (AvgIpc) is 3.07. The highest BCUT2D eigenvalue weighted by Crippen LogP contribution is 2.35. The maximum atomic E-state index is 13.0. The molecule has 0 spiro atoms. The van der Waals surface area contributed by atoms with Crippen LogP contribution in [0.1, 0.15) is 5.69 Å². The molecule has 27 heavy (non-hydrogen) atoms. The molecule has 136 valence electrons. The molecule has 0 saturated heterocycles. The van der Waals surface area contributed by atoms with E-state index >= 15 is 0 Å². The van der Waals surface area contributed by atoms with Crippen LogP contribution in [-0.2, 0) is 6.42 Å². The standard InChI is InChI=1S/C19H14F3N5/c20-19(21,22)15-11-14-16(26-15)27-18(24-13-9-5-2-6-10-13)17(25-14)23-12-7-3-1-4-8-12/h1-10H,11H2,(H,23,25)(H,24,27). The van der Waals surface area contributed by atoms with Gasteiger partial charge in [-0.15, -0.1) is 0 Å². The summed E-state index contributed by atoms with van der Waals surface area (Å²) >= 11 is 0. The van der Waals surface area contributed by atoms with Crippen molar-refractivity contribution in [2.24, 2.45) is 4.99 Å². The van der Waals surface area contributed by atoms with Gasteiger partial charge in [0, 0.05) is 17.8 Å². The van der Waals surface area contributed by atoms with Gasteiger partial charge >= 0.3 is 6.18 Å². The van der Waals surface area contributed by atoms with Crippen molar-refractivity contribution in [3.63, 3.8) is 0 Å². The number of benzene rings is 2. The highest BCUT2D eigenvalue weighted by Gasteiger charge is 2.40. The predicted octanol–water partition coefficient (Wildman–Crippen LogP) is 5.15. The molecule has 1 aromatic heterocycles. The summed E-state index contributed by atoms with van der Waals surface area (Å²) in [6.45, 7) is 0. The summed E-state index contributed by atoms with van der Waals surface area (Å²) in [6, 6.07) is 18.4. The molecule has 2 N–H and O–H groups in total. The number of fused-ring (bicyclic) bond motifs is 1. The van der Waals surface area contributed by atoms with E-state index in [0.717, 1.165) is 11.4 Å². The lowest BCUT2D eigenvalue weighted by Crippen LogP contribution is -2.22. The first-order valence-corrected chi connectivity index (χ1v) is 8.19. The van der Waals surface area contributed by atoms with E-state index in [9.17, 15) is 13.2 Å². The summed E-state index contributed by atoms with van der Waals surface area (Å²) in [5.41, 5.74) is 0.790. The van der Waals surface area contributed by atoms with Gasteiger partial charge in [-0.05, 0) is 24.3 Å². The number of para-hydroxylation sites is 2. The van der Waals surface area contributed by atoms with Crippen LogP contribution in [-0.4, -0.2) is 21.9 Å². The van der Waals surface area contributed by atoms with Gasteiger partial charge in [0.25, 0.3) is 0 Å². The van der Waals surface area contributed by atoms with Gasteiger partial charge in [0.15, 0.2) is 17.5 Å². The van der Waals surface area contributed by atoms with Gasteiger partial charge in [0.2, 0.25) is 0 Å². The lowest BCUT2D eigenvalue weighted by Gasteiger charge is -2.13.